The van der Waals surface area contributed by atoms with Crippen molar-refractivity contribution >= 4 is 0 Å². The lowest BCUT2D eigenvalue weighted by Crippen LogP contribution is -1.98. The first-order valence-corrected chi connectivity index (χ1v) is 5.03. The van der Waals surface area contributed by atoms with E-state index in [9.17, 15) is 0 Å². The molecule has 2 heteroatoms. The summed E-state index contributed by atoms with van der Waals surface area (Å²) >= 11 is 0. The second-order valence-corrected chi connectivity index (χ2v) is 3.60. The predicted molar refractivity (Wildman–Crippen MR) is 61.2 cm³/mol. The molecule has 0 aliphatic heterocycles. The lowest BCUT2D eigenvalue weighted by Gasteiger charge is -2.08. The van der Waals surface area contributed by atoms with Crippen LogP contribution in [-0.4, -0.2) is 11.7 Å². The average Bonchev–Trinajstić information content (AvgIpc) is 2.65. The molecule has 1 heterocycles. The van der Waals surface area contributed by atoms with E-state index in [0.29, 0.717) is 0 Å². The molecule has 0 fully saturated rings. The summed E-state index contributed by atoms with van der Waals surface area (Å²) in [4.78, 5) is 0. The van der Waals surface area contributed by atoms with Gasteiger partial charge in [-0.25, -0.2) is 0 Å². The number of rotatable bonds is 3. The molecule has 0 aliphatic rings. The third kappa shape index (κ3) is 2.04. The second kappa shape index (κ2) is 4.22. The molecule has 0 N–H and O–H groups in total. The highest BCUT2D eigenvalue weighted by molar-refractivity contribution is 5.36. The first-order valence-electron chi connectivity index (χ1n) is 5.03. The van der Waals surface area contributed by atoms with E-state index < -0.39 is 0 Å². The molecule has 0 bridgehead atoms. The molecule has 1 aromatic carbocycles. The summed E-state index contributed by atoms with van der Waals surface area (Å²) in [5, 5.41) is 0. The average molecular weight is 201 g/mol. The van der Waals surface area contributed by atoms with Crippen molar-refractivity contribution in [3.8, 4) is 5.75 Å². The van der Waals surface area contributed by atoms with Crippen LogP contribution in [0.25, 0.3) is 0 Å². The number of aromatic nitrogens is 1. The molecule has 2 rings (SSSR count). The Hall–Kier alpha value is -1.70. The molecule has 0 unspecified atom stereocenters. The molecular formula is C13H15NO. The summed E-state index contributed by atoms with van der Waals surface area (Å²) in [6.07, 6.45) is 2.97. The van der Waals surface area contributed by atoms with Crippen molar-refractivity contribution in [1.29, 1.82) is 0 Å². The minimum Gasteiger partial charge on any atom is -0.496 e. The zero-order valence-electron chi connectivity index (χ0n) is 9.10. The molecule has 78 valence electrons. The van der Waals surface area contributed by atoms with Crippen molar-refractivity contribution in [1.82, 2.24) is 4.57 Å². The van der Waals surface area contributed by atoms with E-state index in [2.05, 4.69) is 36.0 Å². The standard InChI is InChI=1S/C13H15NO/c1-14-9-5-7-12(14)10-11-6-3-4-8-13(11)15-2/h3-9H,10H2,1-2H3. The summed E-state index contributed by atoms with van der Waals surface area (Å²) in [5.74, 6) is 0.957. The maximum Gasteiger partial charge on any atom is 0.122 e. The van der Waals surface area contributed by atoms with Gasteiger partial charge in [-0.15, -0.1) is 0 Å². The maximum absolute atomic E-state index is 5.32. The molecule has 0 radical (unpaired) electrons. The summed E-state index contributed by atoms with van der Waals surface area (Å²) in [6, 6.07) is 12.3. The Morgan fingerprint density at radius 1 is 1.13 bits per heavy atom. The highest BCUT2D eigenvalue weighted by Gasteiger charge is 2.04. The molecule has 0 saturated heterocycles. The number of methoxy groups -OCH3 is 1. The van der Waals surface area contributed by atoms with E-state index in [-0.39, 0.29) is 0 Å². The number of hydrogen-bond donors (Lipinski definition) is 0. The maximum atomic E-state index is 5.32. The second-order valence-electron chi connectivity index (χ2n) is 3.60. The first kappa shape index (κ1) is 9.84. The molecular weight excluding hydrogens is 186 g/mol. The van der Waals surface area contributed by atoms with Crippen LogP contribution >= 0.6 is 0 Å². The third-order valence-corrected chi connectivity index (χ3v) is 2.62. The van der Waals surface area contributed by atoms with Crippen LogP contribution in [0.1, 0.15) is 11.3 Å². The van der Waals surface area contributed by atoms with Gasteiger partial charge in [-0.1, -0.05) is 18.2 Å². The van der Waals surface area contributed by atoms with Gasteiger partial charge in [0.25, 0.3) is 0 Å². The minimum absolute atomic E-state index is 0.910. The smallest absolute Gasteiger partial charge is 0.122 e. The Balaban J connectivity index is 2.28. The number of nitrogens with zero attached hydrogens (tertiary/aromatic N) is 1. The van der Waals surface area contributed by atoms with Crippen molar-refractivity contribution in [2.24, 2.45) is 7.05 Å². The molecule has 2 aromatic rings. The summed E-state index contributed by atoms with van der Waals surface area (Å²) in [6.45, 7) is 0. The zero-order chi connectivity index (χ0) is 10.7. The van der Waals surface area contributed by atoms with Gasteiger partial charge in [0.15, 0.2) is 0 Å². The highest BCUT2D eigenvalue weighted by atomic mass is 16.5. The SMILES string of the molecule is COc1ccccc1Cc1cccn1C. The van der Waals surface area contributed by atoms with Gasteiger partial charge < -0.3 is 9.30 Å². The Kier molecular flexibility index (Phi) is 2.77. The summed E-state index contributed by atoms with van der Waals surface area (Å²) < 4.78 is 7.46. The molecule has 0 atom stereocenters. The van der Waals surface area contributed by atoms with Crippen LogP contribution in [0.3, 0.4) is 0 Å². The lowest BCUT2D eigenvalue weighted by atomic mass is 10.1. The Bertz CT molecular complexity index is 445. The van der Waals surface area contributed by atoms with Crippen LogP contribution in [0.5, 0.6) is 5.75 Å². The third-order valence-electron chi connectivity index (χ3n) is 2.62. The Morgan fingerprint density at radius 2 is 1.93 bits per heavy atom. The van der Waals surface area contributed by atoms with Crippen molar-refractivity contribution in [2.75, 3.05) is 7.11 Å². The lowest BCUT2D eigenvalue weighted by molar-refractivity contribution is 0.410. The fourth-order valence-corrected chi connectivity index (χ4v) is 1.72. The molecule has 0 saturated carbocycles. The van der Waals surface area contributed by atoms with E-state index in [1.54, 1.807) is 7.11 Å². The Labute approximate surface area is 90.1 Å². The van der Waals surface area contributed by atoms with Gasteiger partial charge in [-0.3, -0.25) is 0 Å². The fourth-order valence-electron chi connectivity index (χ4n) is 1.72. The van der Waals surface area contributed by atoms with Crippen LogP contribution in [0.15, 0.2) is 42.6 Å². The van der Waals surface area contributed by atoms with E-state index in [1.165, 1.54) is 11.3 Å². The molecule has 0 aliphatic carbocycles. The van der Waals surface area contributed by atoms with Crippen LogP contribution in [0, 0.1) is 0 Å². The first-order chi connectivity index (χ1) is 7.31. The van der Waals surface area contributed by atoms with Gasteiger partial charge in [0, 0.05) is 25.4 Å². The summed E-state index contributed by atoms with van der Waals surface area (Å²) in [5.41, 5.74) is 2.52. The van der Waals surface area contributed by atoms with E-state index in [0.717, 1.165) is 12.2 Å². The van der Waals surface area contributed by atoms with Crippen molar-refractivity contribution in [3.05, 3.63) is 53.9 Å². The molecule has 0 amide bonds. The van der Waals surface area contributed by atoms with Crippen LogP contribution < -0.4 is 4.74 Å². The van der Waals surface area contributed by atoms with Gasteiger partial charge in [-0.05, 0) is 23.8 Å². The van der Waals surface area contributed by atoms with Gasteiger partial charge in [0.05, 0.1) is 7.11 Å². The molecule has 1 aromatic heterocycles. The molecule has 2 nitrogen and oxygen atoms in total. The molecule has 0 spiro atoms. The highest BCUT2D eigenvalue weighted by Crippen LogP contribution is 2.20. The number of benzene rings is 1. The topological polar surface area (TPSA) is 14.2 Å². The van der Waals surface area contributed by atoms with Crippen molar-refractivity contribution < 1.29 is 4.74 Å². The minimum atomic E-state index is 0.910. The van der Waals surface area contributed by atoms with Gasteiger partial charge >= 0.3 is 0 Å². The largest absolute Gasteiger partial charge is 0.496 e. The van der Waals surface area contributed by atoms with E-state index >= 15 is 0 Å². The molecule has 15 heavy (non-hydrogen) atoms. The van der Waals surface area contributed by atoms with E-state index in [4.69, 9.17) is 4.74 Å². The fraction of sp³-hybridized carbons (Fsp3) is 0.231. The van der Waals surface area contributed by atoms with Crippen LogP contribution in [0.4, 0.5) is 0 Å². The van der Waals surface area contributed by atoms with Crippen LogP contribution in [0.2, 0.25) is 0 Å². The predicted octanol–water partition coefficient (Wildman–Crippen LogP) is 2.62. The van der Waals surface area contributed by atoms with E-state index in [1.807, 2.05) is 18.2 Å². The monoisotopic (exact) mass is 201 g/mol. The van der Waals surface area contributed by atoms with Crippen molar-refractivity contribution in [2.45, 2.75) is 6.42 Å². The van der Waals surface area contributed by atoms with Gasteiger partial charge in [0.1, 0.15) is 5.75 Å². The number of aryl methyl sites for hydroxylation is 1. The van der Waals surface area contributed by atoms with Crippen LogP contribution in [-0.2, 0) is 13.5 Å². The zero-order valence-corrected chi connectivity index (χ0v) is 9.10. The van der Waals surface area contributed by atoms with Gasteiger partial charge in [-0.2, -0.15) is 0 Å². The van der Waals surface area contributed by atoms with Gasteiger partial charge in [0.2, 0.25) is 0 Å². The van der Waals surface area contributed by atoms with Crippen molar-refractivity contribution in [3.63, 3.8) is 0 Å². The number of hydrogen-bond acceptors (Lipinski definition) is 1. The number of para-hydroxylation sites is 1. The summed E-state index contributed by atoms with van der Waals surface area (Å²) in [7, 11) is 3.77. The quantitative estimate of drug-likeness (QED) is 0.744. The number of ether oxygens (including phenoxy) is 1. The Morgan fingerprint density at radius 3 is 2.60 bits per heavy atom. The normalized spacial score (nSPS) is 10.3.